The molecule has 1 aromatic heterocycles. The fourth-order valence-corrected chi connectivity index (χ4v) is 1.76. The number of H-pyrrole nitrogens is 1. The number of rotatable bonds is 3. The molecule has 18 heavy (non-hydrogen) atoms. The van der Waals surface area contributed by atoms with Crippen LogP contribution in [0.2, 0.25) is 0 Å². The summed E-state index contributed by atoms with van der Waals surface area (Å²) >= 11 is 3.03. The molecule has 0 aliphatic rings. The van der Waals surface area contributed by atoms with E-state index in [1.807, 2.05) is 0 Å². The van der Waals surface area contributed by atoms with E-state index in [-0.39, 0.29) is 16.9 Å². The lowest BCUT2D eigenvalue weighted by atomic mass is 10.2. The van der Waals surface area contributed by atoms with Gasteiger partial charge < -0.3 is 11.1 Å². The van der Waals surface area contributed by atoms with Crippen molar-refractivity contribution in [3.8, 4) is 0 Å². The van der Waals surface area contributed by atoms with E-state index in [1.54, 1.807) is 0 Å². The van der Waals surface area contributed by atoms with Crippen LogP contribution in [0.4, 0.5) is 10.2 Å². The van der Waals surface area contributed by atoms with E-state index in [0.717, 1.165) is 0 Å². The van der Waals surface area contributed by atoms with Gasteiger partial charge in [0, 0.05) is 17.7 Å². The van der Waals surface area contributed by atoms with Crippen molar-refractivity contribution in [2.75, 3.05) is 5.73 Å². The number of carbonyl (C=O) groups excluding carboxylic acids is 1. The molecular weight excluding hydrogens is 303 g/mol. The molecule has 0 bridgehead atoms. The monoisotopic (exact) mass is 312 g/mol. The largest absolute Gasteiger partial charge is 0.384 e. The Morgan fingerprint density at radius 3 is 2.94 bits per heavy atom. The number of nitrogens with one attached hydrogen (secondary N) is 2. The van der Waals surface area contributed by atoms with E-state index < -0.39 is 5.82 Å². The molecule has 0 saturated carbocycles. The SMILES string of the molecule is Nc1[nH]ncc1CNC(=O)c1ccc(F)c(Br)c1. The number of anilines is 1. The molecule has 0 unspecified atom stereocenters. The number of carbonyl (C=O) groups is 1. The standard InChI is InChI=1S/C11H10BrFN4O/c12-8-3-6(1-2-9(8)13)11(18)15-4-7-5-16-17-10(7)14/h1-3,5H,4H2,(H,15,18)(H3,14,16,17). The van der Waals surface area contributed by atoms with Crippen LogP contribution in [0.1, 0.15) is 15.9 Å². The lowest BCUT2D eigenvalue weighted by Gasteiger charge is -2.05. The minimum atomic E-state index is -0.411. The molecule has 1 amide bonds. The highest BCUT2D eigenvalue weighted by Crippen LogP contribution is 2.17. The molecule has 4 N–H and O–H groups in total. The van der Waals surface area contributed by atoms with E-state index in [9.17, 15) is 9.18 Å². The quantitative estimate of drug-likeness (QED) is 0.808. The van der Waals surface area contributed by atoms with Crippen molar-refractivity contribution in [3.05, 3.63) is 45.8 Å². The van der Waals surface area contributed by atoms with Gasteiger partial charge in [0.15, 0.2) is 0 Å². The second-order valence-corrected chi connectivity index (χ2v) is 4.47. The molecule has 2 aromatic rings. The van der Waals surface area contributed by atoms with Crippen LogP contribution in [-0.4, -0.2) is 16.1 Å². The molecule has 0 radical (unpaired) electrons. The minimum Gasteiger partial charge on any atom is -0.384 e. The Morgan fingerprint density at radius 2 is 2.33 bits per heavy atom. The molecule has 2 rings (SSSR count). The molecule has 7 heteroatoms. The van der Waals surface area contributed by atoms with Crippen LogP contribution in [-0.2, 0) is 6.54 Å². The van der Waals surface area contributed by atoms with Crippen LogP contribution in [0.25, 0.3) is 0 Å². The average molecular weight is 313 g/mol. The summed E-state index contributed by atoms with van der Waals surface area (Å²) in [6.45, 7) is 0.260. The highest BCUT2D eigenvalue weighted by Gasteiger charge is 2.09. The van der Waals surface area contributed by atoms with Gasteiger partial charge in [-0.15, -0.1) is 0 Å². The van der Waals surface area contributed by atoms with Crippen molar-refractivity contribution in [2.24, 2.45) is 0 Å². The Bertz CT molecular complexity index is 584. The average Bonchev–Trinajstić information content (AvgIpc) is 2.75. The Hall–Kier alpha value is -1.89. The molecule has 94 valence electrons. The second kappa shape index (κ2) is 5.18. The molecule has 0 spiro atoms. The number of nitrogens with two attached hydrogens (primary N) is 1. The summed E-state index contributed by atoms with van der Waals surface area (Å²) in [6.07, 6.45) is 1.54. The zero-order chi connectivity index (χ0) is 13.1. The summed E-state index contributed by atoms with van der Waals surface area (Å²) in [4.78, 5) is 11.8. The van der Waals surface area contributed by atoms with Crippen molar-refractivity contribution in [3.63, 3.8) is 0 Å². The van der Waals surface area contributed by atoms with Gasteiger partial charge in [0.1, 0.15) is 11.6 Å². The van der Waals surface area contributed by atoms with Gasteiger partial charge in [0.2, 0.25) is 0 Å². The Morgan fingerprint density at radius 1 is 1.56 bits per heavy atom. The van der Waals surface area contributed by atoms with E-state index in [4.69, 9.17) is 5.73 Å². The first-order valence-electron chi connectivity index (χ1n) is 5.09. The number of hydrogen-bond donors (Lipinski definition) is 3. The fraction of sp³-hybridized carbons (Fsp3) is 0.0909. The maximum absolute atomic E-state index is 13.0. The van der Waals surface area contributed by atoms with Crippen LogP contribution in [0.5, 0.6) is 0 Å². The van der Waals surface area contributed by atoms with E-state index in [0.29, 0.717) is 16.9 Å². The van der Waals surface area contributed by atoms with Crippen molar-refractivity contribution in [2.45, 2.75) is 6.54 Å². The van der Waals surface area contributed by atoms with Gasteiger partial charge in [-0.3, -0.25) is 9.89 Å². The van der Waals surface area contributed by atoms with Gasteiger partial charge in [0.25, 0.3) is 5.91 Å². The molecule has 0 atom stereocenters. The Labute approximate surface area is 111 Å². The van der Waals surface area contributed by atoms with Gasteiger partial charge >= 0.3 is 0 Å². The van der Waals surface area contributed by atoms with Gasteiger partial charge in [-0.2, -0.15) is 5.10 Å². The van der Waals surface area contributed by atoms with Crippen molar-refractivity contribution in [1.29, 1.82) is 0 Å². The van der Waals surface area contributed by atoms with Crippen molar-refractivity contribution in [1.82, 2.24) is 15.5 Å². The highest BCUT2D eigenvalue weighted by atomic mass is 79.9. The summed E-state index contributed by atoms with van der Waals surface area (Å²) in [6, 6.07) is 4.06. The molecule has 0 fully saturated rings. The summed E-state index contributed by atoms with van der Waals surface area (Å²) < 4.78 is 13.3. The molecular formula is C11H10BrFN4O. The van der Waals surface area contributed by atoms with E-state index in [1.165, 1.54) is 24.4 Å². The first-order chi connectivity index (χ1) is 8.58. The molecule has 0 saturated heterocycles. The summed E-state index contributed by atoms with van der Waals surface area (Å²) in [7, 11) is 0. The normalized spacial score (nSPS) is 10.3. The predicted molar refractivity (Wildman–Crippen MR) is 68.3 cm³/mol. The van der Waals surface area contributed by atoms with Crippen LogP contribution >= 0.6 is 15.9 Å². The third kappa shape index (κ3) is 2.67. The Balaban J connectivity index is 2.04. The minimum absolute atomic E-state index is 0.248. The van der Waals surface area contributed by atoms with Crippen LogP contribution in [0.3, 0.4) is 0 Å². The molecule has 1 heterocycles. The number of halogens is 2. The lowest BCUT2D eigenvalue weighted by Crippen LogP contribution is -2.23. The van der Waals surface area contributed by atoms with Crippen LogP contribution < -0.4 is 11.1 Å². The van der Waals surface area contributed by atoms with Crippen molar-refractivity contribution >= 4 is 27.7 Å². The van der Waals surface area contributed by atoms with Crippen LogP contribution in [0, 0.1) is 5.82 Å². The number of nitrogens with zero attached hydrogens (tertiary/aromatic N) is 1. The number of nitrogen functional groups attached to an aromatic ring is 1. The zero-order valence-corrected chi connectivity index (χ0v) is 10.8. The Kier molecular flexibility index (Phi) is 3.61. The fourth-order valence-electron chi connectivity index (χ4n) is 1.38. The molecule has 0 aliphatic heterocycles. The first kappa shape index (κ1) is 12.6. The maximum atomic E-state index is 13.0. The van der Waals surface area contributed by atoms with Crippen molar-refractivity contribution < 1.29 is 9.18 Å². The zero-order valence-electron chi connectivity index (χ0n) is 9.21. The number of aromatic nitrogens is 2. The summed E-state index contributed by atoms with van der Waals surface area (Å²) in [5.74, 6) is -0.308. The third-order valence-corrected chi connectivity index (χ3v) is 2.98. The third-order valence-electron chi connectivity index (χ3n) is 2.37. The summed E-state index contributed by atoms with van der Waals surface area (Å²) in [5.41, 5.74) is 6.65. The number of hydrogen-bond acceptors (Lipinski definition) is 3. The van der Waals surface area contributed by atoms with Gasteiger partial charge in [-0.1, -0.05) is 0 Å². The van der Waals surface area contributed by atoms with E-state index >= 15 is 0 Å². The van der Waals surface area contributed by atoms with Gasteiger partial charge in [-0.05, 0) is 34.1 Å². The number of benzene rings is 1. The lowest BCUT2D eigenvalue weighted by molar-refractivity contribution is 0.0951. The summed E-state index contributed by atoms with van der Waals surface area (Å²) in [5, 5.41) is 8.97. The maximum Gasteiger partial charge on any atom is 0.251 e. The highest BCUT2D eigenvalue weighted by molar-refractivity contribution is 9.10. The first-order valence-corrected chi connectivity index (χ1v) is 5.88. The predicted octanol–water partition coefficient (Wildman–Crippen LogP) is 1.82. The molecule has 0 aliphatic carbocycles. The number of amides is 1. The smallest absolute Gasteiger partial charge is 0.251 e. The molecule has 1 aromatic carbocycles. The van der Waals surface area contributed by atoms with Gasteiger partial charge in [-0.25, -0.2) is 4.39 Å². The number of aromatic amines is 1. The second-order valence-electron chi connectivity index (χ2n) is 3.62. The topological polar surface area (TPSA) is 83.8 Å². The molecule has 5 nitrogen and oxygen atoms in total. The van der Waals surface area contributed by atoms with Gasteiger partial charge in [0.05, 0.1) is 10.7 Å². The van der Waals surface area contributed by atoms with E-state index in [2.05, 4.69) is 31.4 Å². The van der Waals surface area contributed by atoms with Crippen LogP contribution in [0.15, 0.2) is 28.9 Å².